The fourth-order valence-electron chi connectivity index (χ4n) is 3.28. The highest BCUT2D eigenvalue weighted by Gasteiger charge is 2.38. The van der Waals surface area contributed by atoms with Gasteiger partial charge in [0.05, 0.1) is 19.2 Å². The van der Waals surface area contributed by atoms with Gasteiger partial charge in [-0.1, -0.05) is 18.2 Å². The lowest BCUT2D eigenvalue weighted by atomic mass is 10.1. The Labute approximate surface area is 188 Å². The number of methoxy groups -OCH3 is 1. The normalized spacial score (nSPS) is 15.5. The van der Waals surface area contributed by atoms with Crippen LogP contribution in [-0.2, 0) is 16.0 Å². The first-order valence-corrected chi connectivity index (χ1v) is 10.8. The zero-order valence-corrected chi connectivity index (χ0v) is 18.1. The van der Waals surface area contributed by atoms with Crippen LogP contribution in [0.2, 0.25) is 0 Å². The second-order valence-electron chi connectivity index (χ2n) is 7.10. The summed E-state index contributed by atoms with van der Waals surface area (Å²) in [6.45, 7) is 0.231. The van der Waals surface area contributed by atoms with Crippen LogP contribution in [0.1, 0.15) is 12.0 Å². The number of ether oxygens (including phenoxy) is 1. The second-order valence-corrected chi connectivity index (χ2v) is 7.95. The monoisotopic (exact) mass is 451 g/mol. The number of nitrogens with zero attached hydrogens (tertiary/aromatic N) is 3. The van der Waals surface area contributed by atoms with Crippen molar-refractivity contribution in [2.75, 3.05) is 19.0 Å². The number of hydrogen-bond acceptors (Lipinski definition) is 7. The van der Waals surface area contributed by atoms with Crippen molar-refractivity contribution < 1.29 is 19.1 Å². The van der Waals surface area contributed by atoms with Gasteiger partial charge in [0.1, 0.15) is 17.5 Å². The summed E-state index contributed by atoms with van der Waals surface area (Å²) in [5.74, 6) is -0.0725. The number of aromatic nitrogens is 2. The zero-order chi connectivity index (χ0) is 22.5. The minimum absolute atomic E-state index is 0.165. The molecule has 32 heavy (non-hydrogen) atoms. The van der Waals surface area contributed by atoms with E-state index in [2.05, 4.69) is 20.6 Å². The molecular formula is C22H21N5O4S. The fraction of sp³-hybridized carbons (Fsp3) is 0.227. The molecule has 1 aromatic carbocycles. The smallest absolute Gasteiger partial charge is 0.324 e. The maximum absolute atomic E-state index is 12.6. The van der Waals surface area contributed by atoms with E-state index in [1.807, 2.05) is 42.5 Å². The van der Waals surface area contributed by atoms with E-state index in [-0.39, 0.29) is 13.0 Å². The van der Waals surface area contributed by atoms with E-state index in [4.69, 9.17) is 4.74 Å². The minimum Gasteiger partial charge on any atom is -0.497 e. The van der Waals surface area contributed by atoms with E-state index in [1.54, 1.807) is 18.7 Å². The number of benzene rings is 1. The van der Waals surface area contributed by atoms with Crippen molar-refractivity contribution in [2.24, 2.45) is 0 Å². The molecule has 3 aromatic rings. The van der Waals surface area contributed by atoms with Gasteiger partial charge in [0.25, 0.3) is 5.91 Å². The van der Waals surface area contributed by atoms with Crippen LogP contribution in [0.15, 0.2) is 54.0 Å². The van der Waals surface area contributed by atoms with Gasteiger partial charge in [-0.15, -0.1) is 11.3 Å². The number of carbonyl (C=O) groups excluding carboxylic acids is 3. The number of nitrogens with one attached hydrogen (secondary N) is 2. The van der Waals surface area contributed by atoms with Gasteiger partial charge in [-0.2, -0.15) is 0 Å². The predicted octanol–water partition coefficient (Wildman–Crippen LogP) is 2.71. The van der Waals surface area contributed by atoms with Gasteiger partial charge in [-0.05, 0) is 36.2 Å². The molecule has 0 saturated carbocycles. The molecule has 3 heterocycles. The van der Waals surface area contributed by atoms with Crippen molar-refractivity contribution in [3.8, 4) is 17.1 Å². The van der Waals surface area contributed by atoms with E-state index in [0.29, 0.717) is 22.9 Å². The second kappa shape index (κ2) is 9.56. The van der Waals surface area contributed by atoms with Crippen LogP contribution in [0.4, 0.5) is 9.93 Å². The molecule has 2 N–H and O–H groups in total. The third kappa shape index (κ3) is 4.92. The maximum atomic E-state index is 12.6. The molecule has 164 valence electrons. The van der Waals surface area contributed by atoms with Gasteiger partial charge in [0.2, 0.25) is 5.91 Å². The van der Waals surface area contributed by atoms with Crippen molar-refractivity contribution in [3.05, 3.63) is 59.6 Å². The number of amides is 4. The van der Waals surface area contributed by atoms with Gasteiger partial charge in [0, 0.05) is 18.1 Å². The first kappa shape index (κ1) is 21.4. The highest BCUT2D eigenvalue weighted by atomic mass is 32.1. The van der Waals surface area contributed by atoms with Crippen molar-refractivity contribution in [2.45, 2.75) is 18.9 Å². The topological polar surface area (TPSA) is 114 Å². The molecule has 9 nitrogen and oxygen atoms in total. The van der Waals surface area contributed by atoms with Gasteiger partial charge in [-0.25, -0.2) is 9.78 Å². The Morgan fingerprint density at radius 1 is 1.19 bits per heavy atom. The van der Waals surface area contributed by atoms with Crippen LogP contribution in [0, 0.1) is 0 Å². The number of hydrogen-bond donors (Lipinski definition) is 2. The summed E-state index contributed by atoms with van der Waals surface area (Å²) in [6.07, 6.45) is 2.02. The molecule has 1 fully saturated rings. The van der Waals surface area contributed by atoms with E-state index in [1.165, 1.54) is 11.3 Å². The van der Waals surface area contributed by atoms with Crippen molar-refractivity contribution >= 4 is 34.3 Å². The summed E-state index contributed by atoms with van der Waals surface area (Å²) < 4.78 is 5.13. The Hall–Kier alpha value is -3.79. The quantitative estimate of drug-likeness (QED) is 0.509. The third-order valence-corrected chi connectivity index (χ3v) is 5.72. The lowest BCUT2D eigenvalue weighted by molar-refractivity contribution is -0.129. The molecule has 0 spiro atoms. The Kier molecular flexibility index (Phi) is 6.41. The van der Waals surface area contributed by atoms with Gasteiger partial charge in [0.15, 0.2) is 5.13 Å². The molecule has 1 atom stereocenters. The lowest BCUT2D eigenvalue weighted by Crippen LogP contribution is -2.34. The Morgan fingerprint density at radius 3 is 2.72 bits per heavy atom. The molecule has 0 unspecified atom stereocenters. The van der Waals surface area contributed by atoms with Gasteiger partial charge < -0.3 is 15.4 Å². The largest absolute Gasteiger partial charge is 0.497 e. The average Bonchev–Trinajstić information content (AvgIpc) is 3.37. The van der Waals surface area contributed by atoms with E-state index in [9.17, 15) is 14.4 Å². The van der Waals surface area contributed by atoms with E-state index in [0.717, 1.165) is 16.2 Å². The predicted molar refractivity (Wildman–Crippen MR) is 119 cm³/mol. The molecule has 1 saturated heterocycles. The van der Waals surface area contributed by atoms with Gasteiger partial charge in [-0.3, -0.25) is 19.5 Å². The van der Waals surface area contributed by atoms with Crippen molar-refractivity contribution in [1.82, 2.24) is 20.2 Å². The van der Waals surface area contributed by atoms with E-state index < -0.39 is 23.9 Å². The molecule has 0 aliphatic carbocycles. The van der Waals surface area contributed by atoms with Crippen LogP contribution >= 0.6 is 11.3 Å². The summed E-state index contributed by atoms with van der Waals surface area (Å²) in [6, 6.07) is 11.5. The molecule has 1 aliphatic heterocycles. The summed E-state index contributed by atoms with van der Waals surface area (Å²) in [5.41, 5.74) is 2.33. The molecule has 4 amide bonds. The fourth-order valence-corrected chi connectivity index (χ4v) is 4.00. The minimum atomic E-state index is -0.895. The number of imide groups is 1. The number of urea groups is 1. The van der Waals surface area contributed by atoms with Gasteiger partial charge >= 0.3 is 6.03 Å². The Bertz CT molecular complexity index is 1120. The summed E-state index contributed by atoms with van der Waals surface area (Å²) >= 11 is 1.27. The van der Waals surface area contributed by atoms with Crippen LogP contribution in [-0.4, -0.2) is 52.4 Å². The highest BCUT2D eigenvalue weighted by molar-refractivity contribution is 7.14. The van der Waals surface area contributed by atoms with E-state index >= 15 is 0 Å². The summed E-state index contributed by atoms with van der Waals surface area (Å²) in [4.78, 5) is 47.0. The molecular weight excluding hydrogens is 430 g/mol. The number of thiazole rings is 1. The van der Waals surface area contributed by atoms with Crippen LogP contribution in [0.5, 0.6) is 5.75 Å². The first-order valence-electron chi connectivity index (χ1n) is 9.95. The first-order chi connectivity index (χ1) is 15.5. The molecule has 10 heteroatoms. The number of carbonyl (C=O) groups is 3. The Morgan fingerprint density at radius 2 is 2.00 bits per heavy atom. The van der Waals surface area contributed by atoms with Crippen LogP contribution in [0.25, 0.3) is 11.4 Å². The van der Waals surface area contributed by atoms with Crippen LogP contribution < -0.4 is 15.4 Å². The SMILES string of the molecule is COc1ccc(CCN2C(=O)N[C@H](CC(=O)Nc3nc(-c4ccccn4)cs3)C2=O)cc1. The number of pyridine rings is 1. The van der Waals surface area contributed by atoms with Crippen molar-refractivity contribution in [3.63, 3.8) is 0 Å². The standard InChI is InChI=1S/C22H21N5O4S/c1-31-15-7-5-14(6-8-15)9-11-27-20(29)17(25-22(27)30)12-19(28)26-21-24-18(13-32-21)16-4-2-3-10-23-16/h2-8,10,13,17H,9,11-12H2,1H3,(H,25,30)(H,24,26,28)/t17-/m1/s1. The molecule has 0 bridgehead atoms. The van der Waals surface area contributed by atoms with Crippen molar-refractivity contribution in [1.29, 1.82) is 0 Å². The molecule has 2 aromatic heterocycles. The summed E-state index contributed by atoms with van der Waals surface area (Å²) in [7, 11) is 1.59. The molecule has 4 rings (SSSR count). The number of anilines is 1. The average molecular weight is 452 g/mol. The number of rotatable bonds is 8. The molecule has 1 aliphatic rings. The molecule has 0 radical (unpaired) electrons. The van der Waals surface area contributed by atoms with Crippen LogP contribution in [0.3, 0.4) is 0 Å². The highest BCUT2D eigenvalue weighted by Crippen LogP contribution is 2.23. The lowest BCUT2D eigenvalue weighted by Gasteiger charge is -2.13. The zero-order valence-electron chi connectivity index (χ0n) is 17.3. The maximum Gasteiger partial charge on any atom is 0.324 e. The Balaban J connectivity index is 1.30. The third-order valence-electron chi connectivity index (χ3n) is 4.96. The summed E-state index contributed by atoms with van der Waals surface area (Å²) in [5, 5.41) is 7.47.